The summed E-state index contributed by atoms with van der Waals surface area (Å²) >= 11 is 3.61. The van der Waals surface area contributed by atoms with Crippen molar-refractivity contribution in [2.75, 3.05) is 11.4 Å². The molecular formula is C19H27BrN4O. The Hall–Kier alpha value is -1.79. The van der Waals surface area contributed by atoms with Gasteiger partial charge >= 0.3 is 0 Å². The van der Waals surface area contributed by atoms with E-state index in [1.54, 1.807) is 16.8 Å². The third-order valence-corrected chi connectivity index (χ3v) is 4.96. The lowest BCUT2D eigenvalue weighted by Gasteiger charge is -2.36. The predicted octanol–water partition coefficient (Wildman–Crippen LogP) is 3.48. The van der Waals surface area contributed by atoms with E-state index in [-0.39, 0.29) is 17.4 Å². The molecule has 0 bridgehead atoms. The number of nitrogens with zero attached hydrogens (tertiary/aromatic N) is 2. The number of carbonyl (C=O) groups excluding carboxylic acids is 1. The molecule has 0 spiro atoms. The molecule has 1 aromatic rings. The molecule has 0 aromatic heterocycles. The minimum absolute atomic E-state index is 0.0305. The number of carbonyl (C=O) groups is 1. The van der Waals surface area contributed by atoms with Crippen LogP contribution in [-0.2, 0) is 4.79 Å². The lowest BCUT2D eigenvalue weighted by molar-refractivity contribution is -0.116. The van der Waals surface area contributed by atoms with E-state index in [0.717, 1.165) is 15.9 Å². The molecule has 1 aliphatic rings. The molecule has 0 saturated heterocycles. The van der Waals surface area contributed by atoms with E-state index in [9.17, 15) is 4.79 Å². The van der Waals surface area contributed by atoms with Crippen LogP contribution in [0.1, 0.15) is 34.1 Å². The topological polar surface area (TPSA) is 75.6 Å². The first-order chi connectivity index (χ1) is 11.6. The molecule has 4 N–H and O–H groups in total. The summed E-state index contributed by atoms with van der Waals surface area (Å²) in [5.41, 5.74) is 8.63. The number of hydrogen-bond acceptors (Lipinski definition) is 4. The highest BCUT2D eigenvalue weighted by Gasteiger charge is 2.31. The molecule has 6 heteroatoms. The van der Waals surface area contributed by atoms with Crippen LogP contribution in [-0.4, -0.2) is 23.5 Å². The number of hydrazine groups is 1. The number of benzene rings is 1. The highest BCUT2D eigenvalue weighted by atomic mass is 79.9. The Morgan fingerprint density at radius 3 is 2.40 bits per heavy atom. The Morgan fingerprint density at radius 1 is 1.28 bits per heavy atom. The van der Waals surface area contributed by atoms with E-state index < -0.39 is 0 Å². The summed E-state index contributed by atoms with van der Waals surface area (Å²) in [5, 5.41) is 1.69. The number of amides is 1. The number of nitrogens with two attached hydrogens (primary N) is 2. The van der Waals surface area contributed by atoms with E-state index in [2.05, 4.69) is 36.7 Å². The summed E-state index contributed by atoms with van der Waals surface area (Å²) < 4.78 is 0.786. The van der Waals surface area contributed by atoms with Crippen LogP contribution in [0.25, 0.3) is 0 Å². The molecule has 1 aromatic carbocycles. The molecule has 25 heavy (non-hydrogen) atoms. The Bertz CT molecular complexity index is 691. The Morgan fingerprint density at radius 2 is 1.88 bits per heavy atom. The van der Waals surface area contributed by atoms with Gasteiger partial charge in [0.2, 0.25) is 5.91 Å². The molecule has 1 amide bonds. The minimum Gasteiger partial charge on any atom is -0.396 e. The van der Waals surface area contributed by atoms with Gasteiger partial charge in [0, 0.05) is 23.6 Å². The molecule has 2 rings (SSSR count). The van der Waals surface area contributed by atoms with Gasteiger partial charge in [-0.1, -0.05) is 61.0 Å². The van der Waals surface area contributed by atoms with E-state index in [0.29, 0.717) is 18.7 Å². The SMILES string of the molecule is CC(=O)N(c1ccccc1)C1CC=C(N(N)CC(C)(C)C)C(N)=C1Br. The second-order valence-electron chi connectivity index (χ2n) is 7.52. The molecule has 1 atom stereocenters. The van der Waals surface area contributed by atoms with Crippen molar-refractivity contribution in [3.05, 3.63) is 52.3 Å². The van der Waals surface area contributed by atoms with Gasteiger partial charge in [0.25, 0.3) is 0 Å². The van der Waals surface area contributed by atoms with Gasteiger partial charge in [-0.3, -0.25) is 4.79 Å². The maximum atomic E-state index is 12.3. The largest absolute Gasteiger partial charge is 0.396 e. The number of anilines is 1. The molecule has 5 nitrogen and oxygen atoms in total. The normalized spacial score (nSPS) is 18.0. The van der Waals surface area contributed by atoms with Gasteiger partial charge < -0.3 is 15.6 Å². The molecule has 0 heterocycles. The lowest BCUT2D eigenvalue weighted by Crippen LogP contribution is -2.44. The second-order valence-corrected chi connectivity index (χ2v) is 8.37. The van der Waals surface area contributed by atoms with Gasteiger partial charge in [0.05, 0.1) is 17.4 Å². The highest BCUT2D eigenvalue weighted by molar-refractivity contribution is 9.11. The molecule has 136 valence electrons. The van der Waals surface area contributed by atoms with Crippen molar-refractivity contribution in [1.29, 1.82) is 0 Å². The van der Waals surface area contributed by atoms with Crippen molar-refractivity contribution in [2.45, 2.75) is 40.2 Å². The first-order valence-electron chi connectivity index (χ1n) is 8.34. The first kappa shape index (κ1) is 19.5. The average molecular weight is 407 g/mol. The van der Waals surface area contributed by atoms with Gasteiger partial charge in [-0.05, 0) is 24.0 Å². The van der Waals surface area contributed by atoms with Crippen LogP contribution in [0.15, 0.2) is 52.3 Å². The molecule has 0 saturated carbocycles. The zero-order valence-corrected chi connectivity index (χ0v) is 16.9. The smallest absolute Gasteiger partial charge is 0.224 e. The molecule has 1 unspecified atom stereocenters. The maximum Gasteiger partial charge on any atom is 0.224 e. The fourth-order valence-corrected chi connectivity index (χ4v) is 3.59. The van der Waals surface area contributed by atoms with Gasteiger partial charge in [-0.15, -0.1) is 0 Å². The number of rotatable bonds is 4. The third kappa shape index (κ3) is 4.64. The van der Waals surface area contributed by atoms with Crippen LogP contribution in [0.3, 0.4) is 0 Å². The van der Waals surface area contributed by atoms with E-state index in [1.165, 1.54) is 0 Å². The summed E-state index contributed by atoms with van der Waals surface area (Å²) in [6.45, 7) is 8.62. The Labute approximate surface area is 158 Å². The molecule has 0 radical (unpaired) electrons. The lowest BCUT2D eigenvalue weighted by atomic mass is 9.95. The fraction of sp³-hybridized carbons (Fsp3) is 0.421. The van der Waals surface area contributed by atoms with Gasteiger partial charge in [-0.2, -0.15) is 0 Å². The fourth-order valence-electron chi connectivity index (χ4n) is 3.00. The Balaban J connectivity index is 2.31. The van der Waals surface area contributed by atoms with Gasteiger partial charge in [0.1, 0.15) is 0 Å². The second kappa shape index (κ2) is 7.62. The zero-order chi connectivity index (χ0) is 18.8. The van der Waals surface area contributed by atoms with Crippen LogP contribution in [0.4, 0.5) is 5.69 Å². The van der Waals surface area contributed by atoms with Crippen LogP contribution in [0.5, 0.6) is 0 Å². The molecule has 0 aliphatic heterocycles. The van der Waals surface area contributed by atoms with Crippen molar-refractivity contribution in [2.24, 2.45) is 17.0 Å². The van der Waals surface area contributed by atoms with Crippen LogP contribution in [0, 0.1) is 5.41 Å². The van der Waals surface area contributed by atoms with Crippen molar-refractivity contribution in [3.63, 3.8) is 0 Å². The molecule has 1 aliphatic carbocycles. The van der Waals surface area contributed by atoms with Gasteiger partial charge in [-0.25, -0.2) is 5.84 Å². The number of halogens is 1. The summed E-state index contributed by atoms with van der Waals surface area (Å²) in [7, 11) is 0. The van der Waals surface area contributed by atoms with Gasteiger partial charge in [0.15, 0.2) is 0 Å². The number of hydrogen-bond donors (Lipinski definition) is 2. The molecular weight excluding hydrogens is 380 g/mol. The van der Waals surface area contributed by atoms with Crippen LogP contribution in [0.2, 0.25) is 0 Å². The predicted molar refractivity (Wildman–Crippen MR) is 107 cm³/mol. The van der Waals surface area contributed by atoms with Crippen molar-refractivity contribution >= 4 is 27.5 Å². The number of para-hydroxylation sites is 1. The van der Waals surface area contributed by atoms with Crippen molar-refractivity contribution < 1.29 is 4.79 Å². The monoisotopic (exact) mass is 406 g/mol. The average Bonchev–Trinajstić information content (AvgIpc) is 2.51. The maximum absolute atomic E-state index is 12.3. The van der Waals surface area contributed by atoms with E-state index in [4.69, 9.17) is 11.6 Å². The van der Waals surface area contributed by atoms with E-state index >= 15 is 0 Å². The van der Waals surface area contributed by atoms with E-state index in [1.807, 2.05) is 36.4 Å². The van der Waals surface area contributed by atoms with Crippen LogP contribution < -0.4 is 16.5 Å². The highest BCUT2D eigenvalue weighted by Crippen LogP contribution is 2.34. The third-order valence-electron chi connectivity index (χ3n) is 4.00. The summed E-state index contributed by atoms with van der Waals surface area (Å²) in [5.74, 6) is 6.20. The standard InChI is InChI=1S/C19H27BrN4O/c1-13(25)24(14-8-6-5-7-9-14)15-10-11-16(18(21)17(15)20)23(22)12-19(2,3)4/h5-9,11,15H,10,12,21-22H2,1-4H3. The van der Waals surface area contributed by atoms with Crippen molar-refractivity contribution in [1.82, 2.24) is 5.01 Å². The summed E-state index contributed by atoms with van der Waals surface area (Å²) in [6, 6.07) is 9.44. The summed E-state index contributed by atoms with van der Waals surface area (Å²) in [6.07, 6.45) is 2.65. The zero-order valence-electron chi connectivity index (χ0n) is 15.3. The van der Waals surface area contributed by atoms with Crippen molar-refractivity contribution in [3.8, 4) is 0 Å². The minimum atomic E-state index is -0.174. The first-order valence-corrected chi connectivity index (χ1v) is 9.14. The molecule has 0 fully saturated rings. The Kier molecular flexibility index (Phi) is 5.95. The summed E-state index contributed by atoms with van der Waals surface area (Å²) in [4.78, 5) is 14.0. The quantitative estimate of drug-likeness (QED) is 0.592. The van der Waals surface area contributed by atoms with Crippen LogP contribution >= 0.6 is 15.9 Å².